The van der Waals surface area contributed by atoms with Crippen LogP contribution < -0.4 is 4.72 Å². The molecule has 0 saturated heterocycles. The first kappa shape index (κ1) is 19.9. The lowest BCUT2D eigenvalue weighted by Gasteiger charge is -2.15. The molecule has 0 aliphatic rings. The minimum absolute atomic E-state index is 0.0431. The molecule has 0 fully saturated rings. The number of aromatic nitrogens is 1. The Kier molecular flexibility index (Phi) is 6.25. The average Bonchev–Trinajstić information content (AvgIpc) is 3.04. The molecule has 27 heavy (non-hydrogen) atoms. The Labute approximate surface area is 170 Å². The van der Waals surface area contributed by atoms with E-state index in [0.717, 1.165) is 19.7 Å². The second-order valence-electron chi connectivity index (χ2n) is 5.93. The Morgan fingerprint density at radius 3 is 2.59 bits per heavy atom. The van der Waals surface area contributed by atoms with Crippen molar-refractivity contribution in [2.24, 2.45) is 0 Å². The summed E-state index contributed by atoms with van der Waals surface area (Å²) in [5.41, 5.74) is 0.917. The van der Waals surface area contributed by atoms with Gasteiger partial charge in [0, 0.05) is 24.5 Å². The highest BCUT2D eigenvalue weighted by Gasteiger charge is 2.16. The number of carbonyl (C=O) groups is 1. The lowest BCUT2D eigenvalue weighted by atomic mass is 10.3. The minimum Gasteiger partial charge on any atom is -0.339 e. The molecule has 3 aromatic rings. The van der Waals surface area contributed by atoms with Gasteiger partial charge in [-0.15, -0.1) is 11.3 Å². The second-order valence-corrected chi connectivity index (χ2v) is 9.72. The molecule has 0 radical (unpaired) electrons. The number of sulfonamides is 1. The van der Waals surface area contributed by atoms with E-state index in [1.165, 1.54) is 12.1 Å². The predicted molar refractivity (Wildman–Crippen MR) is 110 cm³/mol. The number of carbonyl (C=O) groups excluding carboxylic acids is 1. The molecule has 0 atom stereocenters. The fraction of sp³-hybridized carbons (Fsp3) is 0.222. The van der Waals surface area contributed by atoms with Crippen molar-refractivity contribution >= 4 is 53.4 Å². The normalized spacial score (nSPS) is 11.6. The summed E-state index contributed by atoms with van der Waals surface area (Å²) >= 11 is 4.82. The van der Waals surface area contributed by atoms with Crippen LogP contribution in [-0.2, 0) is 21.4 Å². The Morgan fingerprint density at radius 2 is 1.89 bits per heavy atom. The molecular weight excluding hydrogens is 450 g/mol. The van der Waals surface area contributed by atoms with Gasteiger partial charge >= 0.3 is 0 Å². The molecule has 0 bridgehead atoms. The van der Waals surface area contributed by atoms with Crippen molar-refractivity contribution in [3.05, 3.63) is 58.0 Å². The summed E-state index contributed by atoms with van der Waals surface area (Å²) in [5.74, 6) is -0.146. The van der Waals surface area contributed by atoms with E-state index in [0.29, 0.717) is 6.54 Å². The molecule has 142 valence electrons. The third-order valence-electron chi connectivity index (χ3n) is 3.89. The number of amides is 1. The van der Waals surface area contributed by atoms with Gasteiger partial charge in [-0.2, -0.15) is 0 Å². The first-order chi connectivity index (χ1) is 12.8. The van der Waals surface area contributed by atoms with E-state index in [9.17, 15) is 13.2 Å². The van der Waals surface area contributed by atoms with Crippen molar-refractivity contribution in [3.63, 3.8) is 0 Å². The second kappa shape index (κ2) is 8.47. The summed E-state index contributed by atoms with van der Waals surface area (Å²) in [6.07, 6.45) is 0.0805. The lowest BCUT2D eigenvalue weighted by Crippen LogP contribution is -2.31. The standard InChI is InChI=1S/C18H18BrN3O3S2/c1-22(12-17-21-15-4-2-3-5-16(15)26-17)18(23)10-11-20-27(24,25)14-8-6-13(19)7-9-14/h2-9,20H,10-12H2,1H3. The van der Waals surface area contributed by atoms with Crippen LogP contribution in [0.1, 0.15) is 11.4 Å². The van der Waals surface area contributed by atoms with Crippen LogP contribution >= 0.6 is 27.3 Å². The van der Waals surface area contributed by atoms with Gasteiger partial charge in [0.15, 0.2) is 0 Å². The average molecular weight is 468 g/mol. The molecule has 3 rings (SSSR count). The highest BCUT2D eigenvalue weighted by atomic mass is 79.9. The minimum atomic E-state index is -3.63. The van der Waals surface area contributed by atoms with Crippen LogP contribution in [0.3, 0.4) is 0 Å². The predicted octanol–water partition coefficient (Wildman–Crippen LogP) is 3.39. The van der Waals surface area contributed by atoms with Crippen molar-refractivity contribution < 1.29 is 13.2 Å². The molecule has 1 amide bonds. The number of fused-ring (bicyclic) bond motifs is 1. The van der Waals surface area contributed by atoms with Crippen LogP contribution in [0.4, 0.5) is 0 Å². The number of thiazole rings is 1. The quantitative estimate of drug-likeness (QED) is 0.577. The van der Waals surface area contributed by atoms with Gasteiger partial charge in [-0.1, -0.05) is 28.1 Å². The lowest BCUT2D eigenvalue weighted by molar-refractivity contribution is -0.130. The summed E-state index contributed by atoms with van der Waals surface area (Å²) in [4.78, 5) is 18.5. The zero-order chi connectivity index (χ0) is 19.4. The molecule has 0 spiro atoms. The number of halogens is 1. The van der Waals surface area contributed by atoms with E-state index in [1.54, 1.807) is 35.4 Å². The summed E-state index contributed by atoms with van der Waals surface area (Å²) in [7, 11) is -1.93. The zero-order valence-corrected chi connectivity index (χ0v) is 17.8. The molecule has 1 N–H and O–H groups in total. The molecule has 1 heterocycles. The first-order valence-corrected chi connectivity index (χ1v) is 11.3. The summed E-state index contributed by atoms with van der Waals surface area (Å²) < 4.78 is 28.8. The summed E-state index contributed by atoms with van der Waals surface area (Å²) in [6, 6.07) is 14.1. The number of rotatable bonds is 7. The highest BCUT2D eigenvalue weighted by molar-refractivity contribution is 9.10. The van der Waals surface area contributed by atoms with Gasteiger partial charge < -0.3 is 4.90 Å². The van der Waals surface area contributed by atoms with Gasteiger partial charge in [0.2, 0.25) is 15.9 Å². The molecule has 1 aromatic heterocycles. The maximum Gasteiger partial charge on any atom is 0.240 e. The van der Waals surface area contributed by atoms with Crippen molar-refractivity contribution in [2.75, 3.05) is 13.6 Å². The third-order valence-corrected chi connectivity index (χ3v) is 6.92. The van der Waals surface area contributed by atoms with Crippen LogP contribution in [0.15, 0.2) is 57.9 Å². The van der Waals surface area contributed by atoms with E-state index in [2.05, 4.69) is 25.6 Å². The van der Waals surface area contributed by atoms with Crippen molar-refractivity contribution in [2.45, 2.75) is 17.9 Å². The summed E-state index contributed by atoms with van der Waals surface area (Å²) in [5, 5.41) is 0.850. The van der Waals surface area contributed by atoms with Gasteiger partial charge in [-0.25, -0.2) is 18.1 Å². The van der Waals surface area contributed by atoms with E-state index in [1.807, 2.05) is 24.3 Å². The van der Waals surface area contributed by atoms with Crippen LogP contribution in [0.2, 0.25) is 0 Å². The SMILES string of the molecule is CN(Cc1nc2ccccc2s1)C(=O)CCNS(=O)(=O)c1ccc(Br)cc1. The number of nitrogens with zero attached hydrogens (tertiary/aromatic N) is 2. The molecule has 0 unspecified atom stereocenters. The molecular formula is C18H18BrN3O3S2. The number of hydrogen-bond donors (Lipinski definition) is 1. The van der Waals surface area contributed by atoms with Gasteiger partial charge in [0.25, 0.3) is 0 Å². The number of hydrogen-bond acceptors (Lipinski definition) is 5. The smallest absolute Gasteiger partial charge is 0.240 e. The molecule has 2 aromatic carbocycles. The van der Waals surface area contributed by atoms with Crippen LogP contribution in [-0.4, -0.2) is 37.8 Å². The Balaban J connectivity index is 1.53. The fourth-order valence-corrected chi connectivity index (χ4v) is 4.78. The largest absolute Gasteiger partial charge is 0.339 e. The van der Waals surface area contributed by atoms with E-state index < -0.39 is 10.0 Å². The maximum atomic E-state index is 12.3. The van der Waals surface area contributed by atoms with E-state index >= 15 is 0 Å². The Hall–Kier alpha value is -1.81. The van der Waals surface area contributed by atoms with E-state index in [-0.39, 0.29) is 23.8 Å². The van der Waals surface area contributed by atoms with Crippen molar-refractivity contribution in [1.29, 1.82) is 0 Å². The molecule has 0 aliphatic heterocycles. The van der Waals surface area contributed by atoms with Gasteiger partial charge in [-0.05, 0) is 36.4 Å². The topological polar surface area (TPSA) is 79.4 Å². The molecule has 9 heteroatoms. The monoisotopic (exact) mass is 467 g/mol. The Morgan fingerprint density at radius 1 is 1.19 bits per heavy atom. The van der Waals surface area contributed by atoms with Crippen molar-refractivity contribution in [1.82, 2.24) is 14.6 Å². The summed E-state index contributed by atoms with van der Waals surface area (Å²) in [6.45, 7) is 0.444. The molecule has 0 aliphatic carbocycles. The third kappa shape index (κ3) is 5.13. The van der Waals surface area contributed by atoms with Crippen molar-refractivity contribution in [3.8, 4) is 0 Å². The van der Waals surface area contributed by atoms with Gasteiger partial charge in [0.1, 0.15) is 5.01 Å². The van der Waals surface area contributed by atoms with Gasteiger partial charge in [-0.3, -0.25) is 4.79 Å². The Bertz CT molecular complexity index is 1020. The number of benzene rings is 2. The molecule has 6 nitrogen and oxygen atoms in total. The van der Waals surface area contributed by atoms with Crippen LogP contribution in [0.5, 0.6) is 0 Å². The first-order valence-electron chi connectivity index (χ1n) is 8.19. The van der Waals surface area contributed by atoms with Gasteiger partial charge in [0.05, 0.1) is 21.7 Å². The highest BCUT2D eigenvalue weighted by Crippen LogP contribution is 2.22. The fourth-order valence-electron chi connectivity index (χ4n) is 2.46. The number of para-hydroxylation sites is 1. The van der Waals surface area contributed by atoms with Crippen LogP contribution in [0.25, 0.3) is 10.2 Å². The van der Waals surface area contributed by atoms with E-state index in [4.69, 9.17) is 0 Å². The maximum absolute atomic E-state index is 12.3. The number of nitrogens with one attached hydrogen (secondary N) is 1. The molecule has 0 saturated carbocycles. The van der Waals surface area contributed by atoms with Crippen LogP contribution in [0, 0.1) is 0 Å². The zero-order valence-electron chi connectivity index (χ0n) is 14.6.